The Bertz CT molecular complexity index is 649. The first kappa shape index (κ1) is 23.7. The second-order valence-corrected chi connectivity index (χ2v) is 6.97. The summed E-state index contributed by atoms with van der Waals surface area (Å²) in [5.74, 6) is -0.836. The molecule has 0 spiro atoms. The van der Waals surface area contributed by atoms with Crippen molar-refractivity contribution < 1.29 is 24.5 Å². The van der Waals surface area contributed by atoms with E-state index < -0.39 is 11.9 Å². The normalized spacial score (nSPS) is 18.3. The van der Waals surface area contributed by atoms with Gasteiger partial charge in [0, 0.05) is 18.2 Å². The van der Waals surface area contributed by atoms with E-state index in [-0.39, 0.29) is 0 Å². The molecule has 156 valence electrons. The quantitative estimate of drug-likeness (QED) is 0.653. The Balaban J connectivity index is 0.000000416. The third-order valence-corrected chi connectivity index (χ3v) is 5.01. The zero-order chi connectivity index (χ0) is 21.1. The molecule has 0 radical (unpaired) electrons. The Morgan fingerprint density at radius 2 is 1.71 bits per heavy atom. The number of benzene rings is 1. The average molecular weight is 392 g/mol. The molecule has 1 aliphatic carbocycles. The zero-order valence-corrected chi connectivity index (χ0v) is 17.4. The van der Waals surface area contributed by atoms with Crippen molar-refractivity contribution in [3.63, 3.8) is 0 Å². The van der Waals surface area contributed by atoms with Crippen molar-refractivity contribution in [3.05, 3.63) is 41.5 Å². The van der Waals surface area contributed by atoms with Gasteiger partial charge in [0.1, 0.15) is 5.75 Å². The SMILES string of the molecule is CCCN(CCC)[C@H]1CCc2c(OC)cccc2[C@H]1C.O=C(O)/C=C/C(=O)O. The largest absolute Gasteiger partial charge is 0.496 e. The number of carboxylic acids is 2. The molecule has 1 aromatic carbocycles. The number of methoxy groups -OCH3 is 1. The van der Waals surface area contributed by atoms with Gasteiger partial charge in [-0.05, 0) is 61.9 Å². The molecule has 0 unspecified atom stereocenters. The van der Waals surface area contributed by atoms with Gasteiger partial charge in [-0.3, -0.25) is 4.90 Å². The van der Waals surface area contributed by atoms with Crippen molar-refractivity contribution in [2.75, 3.05) is 20.2 Å². The molecule has 0 aliphatic heterocycles. The Kier molecular flexibility index (Phi) is 10.3. The van der Waals surface area contributed by atoms with E-state index in [0.29, 0.717) is 24.1 Å². The van der Waals surface area contributed by atoms with Crippen LogP contribution in [0.5, 0.6) is 5.75 Å². The second-order valence-electron chi connectivity index (χ2n) is 6.97. The number of carbonyl (C=O) groups is 2. The highest BCUT2D eigenvalue weighted by molar-refractivity contribution is 5.89. The number of nitrogens with zero attached hydrogens (tertiary/aromatic N) is 1. The van der Waals surface area contributed by atoms with Crippen molar-refractivity contribution in [1.82, 2.24) is 4.90 Å². The van der Waals surface area contributed by atoms with E-state index in [1.54, 1.807) is 7.11 Å². The molecule has 0 saturated carbocycles. The molecule has 1 aromatic rings. The van der Waals surface area contributed by atoms with E-state index in [9.17, 15) is 9.59 Å². The molecular formula is C22H33NO5. The summed E-state index contributed by atoms with van der Waals surface area (Å²) in [6.45, 7) is 9.41. The Labute approximate surface area is 167 Å². The first-order chi connectivity index (χ1) is 13.3. The standard InChI is InChI=1S/C18H29NO.C4H4O4/c1-5-12-19(13-6-2)17-11-10-16-15(14(17)3)8-7-9-18(16)20-4;5-3(6)1-2-4(7)8/h7-9,14,17H,5-6,10-13H2,1-4H3;1-2H,(H,5,6)(H,7,8)/b;2-1+/t14-,17+;/m1./s1. The van der Waals surface area contributed by atoms with Crippen molar-refractivity contribution >= 4 is 11.9 Å². The van der Waals surface area contributed by atoms with Crippen LogP contribution in [0.15, 0.2) is 30.4 Å². The van der Waals surface area contributed by atoms with E-state index in [2.05, 4.69) is 43.9 Å². The molecule has 2 N–H and O–H groups in total. The summed E-state index contributed by atoms with van der Waals surface area (Å²) in [5.41, 5.74) is 2.93. The lowest BCUT2D eigenvalue weighted by atomic mass is 9.79. The summed E-state index contributed by atoms with van der Waals surface area (Å²) >= 11 is 0. The summed E-state index contributed by atoms with van der Waals surface area (Å²) in [6, 6.07) is 7.22. The molecule has 0 heterocycles. The molecule has 1 aliphatic rings. The number of hydrogen-bond donors (Lipinski definition) is 2. The average Bonchev–Trinajstić information content (AvgIpc) is 2.67. The van der Waals surface area contributed by atoms with Gasteiger partial charge in [0.2, 0.25) is 0 Å². The third-order valence-electron chi connectivity index (χ3n) is 5.01. The Morgan fingerprint density at radius 1 is 1.14 bits per heavy atom. The summed E-state index contributed by atoms with van der Waals surface area (Å²) in [7, 11) is 1.78. The van der Waals surface area contributed by atoms with E-state index in [0.717, 1.165) is 12.2 Å². The second kappa shape index (κ2) is 12.2. The Morgan fingerprint density at radius 3 is 2.18 bits per heavy atom. The smallest absolute Gasteiger partial charge is 0.328 e. The fourth-order valence-corrected chi connectivity index (χ4v) is 3.88. The van der Waals surface area contributed by atoms with Gasteiger partial charge in [-0.2, -0.15) is 0 Å². The molecule has 2 atom stereocenters. The van der Waals surface area contributed by atoms with Crippen LogP contribution in [0.1, 0.15) is 57.1 Å². The number of rotatable bonds is 8. The van der Waals surface area contributed by atoms with Gasteiger partial charge in [0.05, 0.1) is 7.11 Å². The van der Waals surface area contributed by atoms with Crippen LogP contribution in [-0.2, 0) is 16.0 Å². The van der Waals surface area contributed by atoms with Gasteiger partial charge >= 0.3 is 11.9 Å². The van der Waals surface area contributed by atoms with E-state index >= 15 is 0 Å². The van der Waals surface area contributed by atoms with Crippen LogP contribution in [-0.4, -0.2) is 53.3 Å². The molecule has 0 fully saturated rings. The number of carboxylic acid groups (broad SMARTS) is 2. The van der Waals surface area contributed by atoms with E-state index in [1.807, 2.05) is 0 Å². The van der Waals surface area contributed by atoms with Crippen LogP contribution in [0.2, 0.25) is 0 Å². The van der Waals surface area contributed by atoms with Crippen molar-refractivity contribution in [2.45, 2.75) is 58.4 Å². The topological polar surface area (TPSA) is 87.1 Å². The highest BCUT2D eigenvalue weighted by Gasteiger charge is 2.31. The van der Waals surface area contributed by atoms with Crippen molar-refractivity contribution in [3.8, 4) is 5.75 Å². The van der Waals surface area contributed by atoms with Crippen LogP contribution in [0.25, 0.3) is 0 Å². The molecule has 6 nitrogen and oxygen atoms in total. The van der Waals surface area contributed by atoms with Gasteiger partial charge < -0.3 is 14.9 Å². The highest BCUT2D eigenvalue weighted by Crippen LogP contribution is 2.38. The third kappa shape index (κ3) is 7.00. The molecule has 28 heavy (non-hydrogen) atoms. The van der Waals surface area contributed by atoms with Gasteiger partial charge in [0.25, 0.3) is 0 Å². The first-order valence-corrected chi connectivity index (χ1v) is 9.89. The summed E-state index contributed by atoms with van der Waals surface area (Å²) < 4.78 is 5.54. The lowest BCUT2D eigenvalue weighted by Crippen LogP contribution is -2.42. The van der Waals surface area contributed by atoms with Gasteiger partial charge in [-0.25, -0.2) is 9.59 Å². The Hall–Kier alpha value is -2.34. The van der Waals surface area contributed by atoms with Crippen LogP contribution in [0.4, 0.5) is 0 Å². The number of hydrogen-bond acceptors (Lipinski definition) is 4. The lowest BCUT2D eigenvalue weighted by molar-refractivity contribution is -0.134. The summed E-state index contributed by atoms with van der Waals surface area (Å²) in [4.78, 5) is 21.8. The summed E-state index contributed by atoms with van der Waals surface area (Å²) in [6.07, 6.45) is 6.01. The predicted molar refractivity (Wildman–Crippen MR) is 110 cm³/mol. The maximum Gasteiger partial charge on any atom is 0.328 e. The lowest BCUT2D eigenvalue weighted by Gasteiger charge is -2.40. The van der Waals surface area contributed by atoms with Gasteiger partial charge in [-0.1, -0.05) is 32.9 Å². The van der Waals surface area contributed by atoms with Crippen molar-refractivity contribution in [1.29, 1.82) is 0 Å². The minimum absolute atomic E-state index is 0.558. The van der Waals surface area contributed by atoms with Crippen molar-refractivity contribution in [2.24, 2.45) is 0 Å². The fourth-order valence-electron chi connectivity index (χ4n) is 3.88. The molecule has 0 amide bonds. The maximum absolute atomic E-state index is 9.55. The highest BCUT2D eigenvalue weighted by atomic mass is 16.5. The van der Waals surface area contributed by atoms with Crippen LogP contribution in [0, 0.1) is 0 Å². The van der Waals surface area contributed by atoms with E-state index in [4.69, 9.17) is 14.9 Å². The predicted octanol–water partition coefficient (Wildman–Crippen LogP) is 3.95. The molecular weight excluding hydrogens is 358 g/mol. The molecule has 0 bridgehead atoms. The first-order valence-electron chi connectivity index (χ1n) is 9.89. The minimum Gasteiger partial charge on any atom is -0.496 e. The molecule has 6 heteroatoms. The van der Waals surface area contributed by atoms with Crippen LogP contribution in [0.3, 0.4) is 0 Å². The van der Waals surface area contributed by atoms with Crippen LogP contribution >= 0.6 is 0 Å². The number of aliphatic carboxylic acids is 2. The van der Waals surface area contributed by atoms with Gasteiger partial charge in [-0.15, -0.1) is 0 Å². The minimum atomic E-state index is -1.26. The molecule has 0 saturated heterocycles. The van der Waals surface area contributed by atoms with E-state index in [1.165, 1.54) is 43.5 Å². The monoisotopic (exact) mass is 391 g/mol. The number of ether oxygens (including phenoxy) is 1. The summed E-state index contributed by atoms with van der Waals surface area (Å²) in [5, 5.41) is 15.6. The fraction of sp³-hybridized carbons (Fsp3) is 0.545. The molecule has 2 rings (SSSR count). The number of fused-ring (bicyclic) bond motifs is 1. The van der Waals surface area contributed by atoms with Crippen LogP contribution < -0.4 is 4.74 Å². The molecule has 0 aromatic heterocycles. The zero-order valence-electron chi connectivity index (χ0n) is 17.4. The van der Waals surface area contributed by atoms with Gasteiger partial charge in [0.15, 0.2) is 0 Å². The maximum atomic E-state index is 9.55.